The van der Waals surface area contributed by atoms with Crippen molar-refractivity contribution >= 4 is 33.8 Å². The van der Waals surface area contributed by atoms with Crippen LogP contribution in [0.15, 0.2) is 82.3 Å². The molecule has 0 saturated heterocycles. The minimum Gasteiger partial charge on any atom is -0.456 e. The summed E-state index contributed by atoms with van der Waals surface area (Å²) in [7, 11) is 0. The molecule has 0 radical (unpaired) electrons. The second-order valence-corrected chi connectivity index (χ2v) is 8.24. The Balaban J connectivity index is 1.16. The lowest BCUT2D eigenvalue weighted by molar-refractivity contribution is -0.143. The third kappa shape index (κ3) is 3.29. The van der Waals surface area contributed by atoms with Crippen molar-refractivity contribution < 1.29 is 18.7 Å². The number of fused-ring (bicyclic) bond motifs is 6. The normalized spacial score (nSPS) is 12.0. The zero-order chi connectivity index (χ0) is 23.2. The minimum atomic E-state index is -0.709. The Hall–Kier alpha value is -4.52. The first-order chi connectivity index (χ1) is 16.6. The van der Waals surface area contributed by atoms with E-state index < -0.39 is 18.1 Å². The molecular weight excluding hydrogens is 432 g/mol. The van der Waals surface area contributed by atoms with Crippen LogP contribution in [0.4, 0.5) is 0 Å². The van der Waals surface area contributed by atoms with Crippen molar-refractivity contribution in [3.05, 3.63) is 100 Å². The van der Waals surface area contributed by atoms with Crippen molar-refractivity contribution in [2.75, 3.05) is 6.61 Å². The van der Waals surface area contributed by atoms with Crippen LogP contribution in [-0.4, -0.2) is 27.9 Å². The molecule has 34 heavy (non-hydrogen) atoms. The van der Waals surface area contributed by atoms with Gasteiger partial charge in [0, 0.05) is 10.9 Å². The Morgan fingerprint density at radius 2 is 1.76 bits per heavy atom. The van der Waals surface area contributed by atoms with E-state index in [-0.39, 0.29) is 17.9 Å². The maximum absolute atomic E-state index is 12.8. The summed E-state index contributed by atoms with van der Waals surface area (Å²) in [6.45, 7) is -0.780. The zero-order valence-electron chi connectivity index (χ0n) is 18.0. The number of furan rings is 1. The number of benzene rings is 3. The van der Waals surface area contributed by atoms with Crippen LogP contribution >= 0.6 is 0 Å². The maximum atomic E-state index is 12.8. The van der Waals surface area contributed by atoms with Gasteiger partial charge >= 0.3 is 5.97 Å². The van der Waals surface area contributed by atoms with E-state index in [1.165, 1.54) is 17.5 Å². The predicted molar refractivity (Wildman–Crippen MR) is 126 cm³/mol. The Kier molecular flexibility index (Phi) is 4.62. The minimum absolute atomic E-state index is 0.0750. The molecule has 166 valence electrons. The van der Waals surface area contributed by atoms with E-state index in [1.807, 2.05) is 42.5 Å². The molecule has 7 nitrogen and oxygen atoms in total. The number of rotatable bonds is 5. The molecule has 0 amide bonds. The van der Waals surface area contributed by atoms with Crippen LogP contribution in [-0.2, 0) is 22.5 Å². The fourth-order valence-electron chi connectivity index (χ4n) is 4.44. The van der Waals surface area contributed by atoms with Crippen LogP contribution in [0.3, 0.4) is 0 Å². The molecule has 0 N–H and O–H groups in total. The van der Waals surface area contributed by atoms with Crippen LogP contribution in [0.1, 0.15) is 21.5 Å². The number of Topliss-reactive ketones (excluding diaryl/α,β-unsaturated/α-hetero) is 1. The van der Waals surface area contributed by atoms with Gasteiger partial charge in [-0.25, -0.2) is 4.98 Å². The van der Waals surface area contributed by atoms with E-state index in [0.29, 0.717) is 16.7 Å². The van der Waals surface area contributed by atoms with E-state index >= 15 is 0 Å². The van der Waals surface area contributed by atoms with Gasteiger partial charge in [-0.1, -0.05) is 48.5 Å². The summed E-state index contributed by atoms with van der Waals surface area (Å²) in [5.41, 5.74) is 5.61. The van der Waals surface area contributed by atoms with Crippen LogP contribution in [0.5, 0.6) is 0 Å². The number of hydrogen-bond donors (Lipinski definition) is 0. The molecule has 1 aliphatic carbocycles. The molecule has 7 heteroatoms. The highest BCUT2D eigenvalue weighted by atomic mass is 16.5. The Labute approximate surface area is 193 Å². The van der Waals surface area contributed by atoms with Gasteiger partial charge in [-0.15, -0.1) is 0 Å². The van der Waals surface area contributed by atoms with Gasteiger partial charge in [-0.3, -0.25) is 19.0 Å². The van der Waals surface area contributed by atoms with E-state index in [0.717, 1.165) is 27.5 Å². The third-order valence-corrected chi connectivity index (χ3v) is 6.13. The number of aromatic nitrogens is 2. The average Bonchev–Trinajstić information content (AvgIpc) is 3.42. The Bertz CT molecular complexity index is 1680. The first-order valence-electron chi connectivity index (χ1n) is 10.9. The quantitative estimate of drug-likeness (QED) is 0.290. The van der Waals surface area contributed by atoms with Gasteiger partial charge in [-0.2, -0.15) is 0 Å². The molecule has 3 aromatic carbocycles. The van der Waals surface area contributed by atoms with E-state index in [4.69, 9.17) is 9.15 Å². The first kappa shape index (κ1) is 20.1. The molecule has 0 spiro atoms. The molecule has 1 aliphatic rings. The molecule has 0 fully saturated rings. The Morgan fingerprint density at radius 3 is 2.68 bits per heavy atom. The van der Waals surface area contributed by atoms with Gasteiger partial charge in [0.25, 0.3) is 5.56 Å². The molecule has 0 aliphatic heterocycles. The molecule has 6 rings (SSSR count). The highest BCUT2D eigenvalue weighted by Crippen LogP contribution is 2.36. The number of carbonyl (C=O) groups is 2. The molecule has 0 unspecified atom stereocenters. The van der Waals surface area contributed by atoms with Gasteiger partial charge in [0.1, 0.15) is 17.6 Å². The molecule has 2 aromatic heterocycles. The highest BCUT2D eigenvalue weighted by molar-refractivity contribution is 6.02. The third-order valence-electron chi connectivity index (χ3n) is 6.13. The summed E-state index contributed by atoms with van der Waals surface area (Å²) in [4.78, 5) is 42.1. The van der Waals surface area contributed by atoms with Crippen molar-refractivity contribution in [3.63, 3.8) is 0 Å². The van der Waals surface area contributed by atoms with Crippen molar-refractivity contribution in [2.24, 2.45) is 0 Å². The standard InChI is InChI=1S/C27H18N2O5/c30-22(18-10-9-17-11-16-5-1-2-6-19(16)21(17)12-18)14-33-24(31)13-29-15-28-25-20-7-3-4-8-23(20)34-26(25)27(29)32/h1-10,12,15H,11,13-14H2. The molecule has 0 saturated carbocycles. The van der Waals surface area contributed by atoms with Gasteiger partial charge in [0.15, 0.2) is 12.4 Å². The molecule has 0 bridgehead atoms. The van der Waals surface area contributed by atoms with Gasteiger partial charge in [0.2, 0.25) is 5.58 Å². The second kappa shape index (κ2) is 7.81. The molecular formula is C27H18N2O5. The van der Waals surface area contributed by atoms with Crippen LogP contribution in [0.2, 0.25) is 0 Å². The first-order valence-corrected chi connectivity index (χ1v) is 10.9. The number of esters is 1. The fraction of sp³-hybridized carbons (Fsp3) is 0.111. The number of ketones is 1. The molecule has 5 aromatic rings. The second-order valence-electron chi connectivity index (χ2n) is 8.24. The number of ether oxygens (including phenoxy) is 1. The summed E-state index contributed by atoms with van der Waals surface area (Å²) in [6.07, 6.45) is 2.13. The van der Waals surface area contributed by atoms with Crippen molar-refractivity contribution in [1.82, 2.24) is 9.55 Å². The SMILES string of the molecule is O=C(Cn1cnc2c(oc3ccccc32)c1=O)OCC(=O)c1ccc2c(c1)-c1ccccc1C2. The monoisotopic (exact) mass is 450 g/mol. The lowest BCUT2D eigenvalue weighted by atomic mass is 10.0. The fourth-order valence-corrected chi connectivity index (χ4v) is 4.44. The van der Waals surface area contributed by atoms with E-state index in [2.05, 4.69) is 11.1 Å². The van der Waals surface area contributed by atoms with Crippen molar-refractivity contribution in [1.29, 1.82) is 0 Å². The van der Waals surface area contributed by atoms with E-state index in [1.54, 1.807) is 18.2 Å². The van der Waals surface area contributed by atoms with Crippen LogP contribution in [0, 0.1) is 0 Å². The molecule has 2 heterocycles. The highest BCUT2D eigenvalue weighted by Gasteiger charge is 2.20. The summed E-state index contributed by atoms with van der Waals surface area (Å²) in [5, 5.41) is 0.729. The number of carbonyl (C=O) groups excluding carboxylic acids is 2. The van der Waals surface area contributed by atoms with E-state index in [9.17, 15) is 14.4 Å². The van der Waals surface area contributed by atoms with Crippen molar-refractivity contribution in [2.45, 2.75) is 13.0 Å². The van der Waals surface area contributed by atoms with Gasteiger partial charge < -0.3 is 9.15 Å². The number of para-hydroxylation sites is 1. The Morgan fingerprint density at radius 1 is 0.971 bits per heavy atom. The van der Waals surface area contributed by atoms with Gasteiger partial charge in [-0.05, 0) is 46.9 Å². The summed E-state index contributed by atoms with van der Waals surface area (Å²) < 4.78 is 11.9. The average molecular weight is 450 g/mol. The van der Waals surface area contributed by atoms with Gasteiger partial charge in [0.05, 0.1) is 6.33 Å². The summed E-state index contributed by atoms with van der Waals surface area (Å²) in [5.74, 6) is -1.02. The largest absolute Gasteiger partial charge is 0.456 e. The summed E-state index contributed by atoms with van der Waals surface area (Å²) in [6, 6.07) is 20.8. The zero-order valence-corrected chi connectivity index (χ0v) is 18.0. The van der Waals surface area contributed by atoms with Crippen LogP contribution < -0.4 is 5.56 Å². The lowest BCUT2D eigenvalue weighted by Gasteiger charge is -2.08. The maximum Gasteiger partial charge on any atom is 0.326 e. The lowest BCUT2D eigenvalue weighted by Crippen LogP contribution is -2.26. The smallest absolute Gasteiger partial charge is 0.326 e. The number of nitrogens with zero attached hydrogens (tertiary/aromatic N) is 2. The topological polar surface area (TPSA) is 91.4 Å². The predicted octanol–water partition coefficient (Wildman–Crippen LogP) is 4.14. The van der Waals surface area contributed by atoms with Crippen LogP contribution in [0.25, 0.3) is 33.2 Å². The number of hydrogen-bond acceptors (Lipinski definition) is 6. The van der Waals surface area contributed by atoms with Crippen molar-refractivity contribution in [3.8, 4) is 11.1 Å². The molecule has 0 atom stereocenters. The summed E-state index contributed by atoms with van der Waals surface area (Å²) >= 11 is 0.